The molecule has 4 N–H and O–H groups in total. The molecule has 0 fully saturated rings. The van der Waals surface area contributed by atoms with E-state index in [9.17, 15) is 22.8 Å². The van der Waals surface area contributed by atoms with Crippen LogP contribution in [-0.2, 0) is 24.3 Å². The number of carboxylic acids is 1. The molecule has 0 radical (unpaired) electrons. The van der Waals surface area contributed by atoms with Crippen LogP contribution in [0.5, 0.6) is 0 Å². The van der Waals surface area contributed by atoms with E-state index in [4.69, 9.17) is 5.11 Å². The summed E-state index contributed by atoms with van der Waals surface area (Å²) in [4.78, 5) is 33.2. The van der Waals surface area contributed by atoms with Crippen LogP contribution in [0.1, 0.15) is 12.8 Å². The number of ether oxygens (including phenoxy) is 1. The lowest BCUT2D eigenvalue weighted by Gasteiger charge is -2.14. The fourth-order valence-corrected chi connectivity index (χ4v) is 1.72. The first kappa shape index (κ1) is 19.1. The van der Waals surface area contributed by atoms with Crippen molar-refractivity contribution >= 4 is 28.0 Å². The predicted molar refractivity (Wildman–Crippen MR) is 72.1 cm³/mol. The van der Waals surface area contributed by atoms with Crippen molar-refractivity contribution in [2.45, 2.75) is 18.9 Å². The molecule has 0 saturated heterocycles. The van der Waals surface area contributed by atoms with Gasteiger partial charge < -0.3 is 20.5 Å². The van der Waals surface area contributed by atoms with Crippen LogP contribution in [0.25, 0.3) is 0 Å². The Kier molecular flexibility index (Phi) is 8.31. The van der Waals surface area contributed by atoms with Gasteiger partial charge in [-0.05, 0) is 6.42 Å². The van der Waals surface area contributed by atoms with Crippen molar-refractivity contribution in [3.8, 4) is 0 Å². The summed E-state index contributed by atoms with van der Waals surface area (Å²) >= 11 is 0. The van der Waals surface area contributed by atoms with Gasteiger partial charge in [0.15, 0.2) is 0 Å². The largest absolute Gasteiger partial charge is 0.480 e. The van der Waals surface area contributed by atoms with Crippen molar-refractivity contribution in [1.29, 1.82) is 0 Å². The maximum Gasteiger partial charge on any atom is 0.326 e. The number of aliphatic carboxylic acids is 1. The van der Waals surface area contributed by atoms with E-state index < -0.39 is 34.0 Å². The van der Waals surface area contributed by atoms with E-state index in [1.807, 2.05) is 0 Å². The van der Waals surface area contributed by atoms with E-state index in [2.05, 4.69) is 20.1 Å². The molecule has 122 valence electrons. The molecule has 0 saturated carbocycles. The van der Waals surface area contributed by atoms with Crippen LogP contribution in [-0.4, -0.2) is 64.0 Å². The first-order valence-electron chi connectivity index (χ1n) is 5.94. The Labute approximate surface area is 122 Å². The van der Waals surface area contributed by atoms with E-state index in [0.717, 1.165) is 6.26 Å². The molecule has 1 atom stereocenters. The highest BCUT2D eigenvalue weighted by Crippen LogP contribution is 1.99. The highest BCUT2D eigenvalue weighted by molar-refractivity contribution is 7.88. The second-order valence-electron chi connectivity index (χ2n) is 4.07. The average Bonchev–Trinajstić information content (AvgIpc) is 2.37. The van der Waals surface area contributed by atoms with Crippen LogP contribution >= 0.6 is 0 Å². The Morgan fingerprint density at radius 1 is 1.24 bits per heavy atom. The molecule has 0 spiro atoms. The van der Waals surface area contributed by atoms with Gasteiger partial charge in [0, 0.05) is 19.5 Å². The maximum absolute atomic E-state index is 11.4. The number of carboxylic acid groups (broad SMARTS) is 1. The van der Waals surface area contributed by atoms with Gasteiger partial charge >= 0.3 is 18.0 Å². The molecule has 2 amide bonds. The summed E-state index contributed by atoms with van der Waals surface area (Å²) in [6.45, 7) is -0.0333. The molecule has 0 aromatic carbocycles. The molecular formula is C10H19N3O7S. The third-order valence-electron chi connectivity index (χ3n) is 2.24. The molecule has 0 aliphatic carbocycles. The number of hydrogen-bond acceptors (Lipinski definition) is 6. The maximum atomic E-state index is 11.4. The highest BCUT2D eigenvalue weighted by atomic mass is 32.2. The molecule has 0 aliphatic heterocycles. The lowest BCUT2D eigenvalue weighted by atomic mass is 10.1. The second-order valence-corrected chi connectivity index (χ2v) is 5.91. The number of sulfonamides is 1. The summed E-state index contributed by atoms with van der Waals surface area (Å²) in [6, 6.07) is -2.02. The molecule has 21 heavy (non-hydrogen) atoms. The van der Waals surface area contributed by atoms with Crippen LogP contribution < -0.4 is 15.4 Å². The van der Waals surface area contributed by atoms with Crippen LogP contribution in [0, 0.1) is 0 Å². The summed E-state index contributed by atoms with van der Waals surface area (Å²) < 4.78 is 28.0. The molecule has 10 nitrogen and oxygen atoms in total. The van der Waals surface area contributed by atoms with Crippen LogP contribution in [0.3, 0.4) is 0 Å². The van der Waals surface area contributed by atoms with Gasteiger partial charge in [-0.2, -0.15) is 0 Å². The molecule has 11 heteroatoms. The zero-order valence-corrected chi connectivity index (χ0v) is 12.5. The number of esters is 1. The molecule has 0 unspecified atom stereocenters. The van der Waals surface area contributed by atoms with E-state index in [1.165, 1.54) is 7.11 Å². The topological polar surface area (TPSA) is 151 Å². The van der Waals surface area contributed by atoms with Gasteiger partial charge in [-0.3, -0.25) is 4.79 Å². The zero-order valence-electron chi connectivity index (χ0n) is 11.7. The number of amides is 2. The van der Waals surface area contributed by atoms with Gasteiger partial charge in [-0.25, -0.2) is 22.7 Å². The van der Waals surface area contributed by atoms with Crippen molar-refractivity contribution in [1.82, 2.24) is 15.4 Å². The highest BCUT2D eigenvalue weighted by Gasteiger charge is 2.21. The van der Waals surface area contributed by atoms with Gasteiger partial charge in [-0.15, -0.1) is 0 Å². The summed E-state index contributed by atoms with van der Waals surface area (Å²) in [7, 11) is -2.17. The number of nitrogens with one attached hydrogen (secondary N) is 3. The second kappa shape index (κ2) is 9.13. The molecule has 0 aromatic heterocycles. The Balaban J connectivity index is 4.12. The number of urea groups is 1. The van der Waals surface area contributed by atoms with Crippen molar-refractivity contribution in [2.75, 3.05) is 26.5 Å². The van der Waals surface area contributed by atoms with Gasteiger partial charge in [0.25, 0.3) is 0 Å². The molecule has 0 heterocycles. The molecule has 0 aromatic rings. The minimum Gasteiger partial charge on any atom is -0.480 e. The lowest BCUT2D eigenvalue weighted by molar-refractivity contribution is -0.142. The number of carbonyl (C=O) groups is 3. The fourth-order valence-electron chi connectivity index (χ4n) is 1.24. The van der Waals surface area contributed by atoms with Gasteiger partial charge in [-0.1, -0.05) is 0 Å². The summed E-state index contributed by atoms with van der Waals surface area (Å²) in [5.41, 5.74) is 0. The van der Waals surface area contributed by atoms with E-state index >= 15 is 0 Å². The minimum absolute atomic E-state index is 0.0117. The van der Waals surface area contributed by atoms with Crippen molar-refractivity contribution in [2.24, 2.45) is 0 Å². The zero-order chi connectivity index (χ0) is 16.5. The van der Waals surface area contributed by atoms with E-state index in [-0.39, 0.29) is 25.9 Å². The normalized spacial score (nSPS) is 12.3. The molecule has 0 aliphatic rings. The molecule has 0 bridgehead atoms. The third-order valence-corrected chi connectivity index (χ3v) is 2.97. The first-order valence-corrected chi connectivity index (χ1v) is 7.83. The van der Waals surface area contributed by atoms with E-state index in [1.54, 1.807) is 0 Å². The Bertz CT molecular complexity index is 477. The number of methoxy groups -OCH3 is 1. The summed E-state index contributed by atoms with van der Waals surface area (Å²) in [5.74, 6) is -1.87. The van der Waals surface area contributed by atoms with Crippen molar-refractivity contribution in [3.05, 3.63) is 0 Å². The number of carbonyl (C=O) groups excluding carboxylic acids is 2. The van der Waals surface area contributed by atoms with Gasteiger partial charge in [0.1, 0.15) is 6.04 Å². The van der Waals surface area contributed by atoms with Crippen LogP contribution in [0.2, 0.25) is 0 Å². The van der Waals surface area contributed by atoms with E-state index in [0.29, 0.717) is 0 Å². The summed E-state index contributed by atoms with van der Waals surface area (Å²) in [6.07, 6.45) is 0.709. The molecular weight excluding hydrogens is 306 g/mol. The van der Waals surface area contributed by atoms with Crippen LogP contribution in [0.15, 0.2) is 0 Å². The molecule has 0 rings (SSSR count). The summed E-state index contributed by atoms with van der Waals surface area (Å²) in [5, 5.41) is 13.3. The van der Waals surface area contributed by atoms with Gasteiger partial charge in [0.05, 0.1) is 13.4 Å². The average molecular weight is 325 g/mol. The third kappa shape index (κ3) is 10.6. The van der Waals surface area contributed by atoms with Crippen molar-refractivity contribution in [3.63, 3.8) is 0 Å². The standard InChI is InChI=1S/C10H19N3O7S/c1-20-8(14)4-3-7(9(15)16)13-10(17)11-5-6-12-21(2,18)19/h7,12H,3-6H2,1-2H3,(H,15,16)(H2,11,13,17)/t7-/m1/s1. The lowest BCUT2D eigenvalue weighted by Crippen LogP contribution is -2.47. The Morgan fingerprint density at radius 3 is 2.33 bits per heavy atom. The van der Waals surface area contributed by atoms with Gasteiger partial charge in [0.2, 0.25) is 10.0 Å². The van der Waals surface area contributed by atoms with Crippen LogP contribution in [0.4, 0.5) is 4.79 Å². The Morgan fingerprint density at radius 2 is 1.86 bits per heavy atom. The predicted octanol–water partition coefficient (Wildman–Crippen LogP) is -1.76. The van der Waals surface area contributed by atoms with Crippen molar-refractivity contribution < 1.29 is 32.6 Å². The minimum atomic E-state index is -3.35. The smallest absolute Gasteiger partial charge is 0.326 e. The first-order chi connectivity index (χ1) is 9.65. The number of rotatable bonds is 9. The SMILES string of the molecule is COC(=O)CC[C@@H](NC(=O)NCCNS(C)(=O)=O)C(=O)O. The fraction of sp³-hybridized carbons (Fsp3) is 0.700. The number of hydrogen-bond donors (Lipinski definition) is 4. The quantitative estimate of drug-likeness (QED) is 0.289. The Hall–Kier alpha value is -1.88. The monoisotopic (exact) mass is 325 g/mol.